The van der Waals surface area contributed by atoms with Gasteiger partial charge in [-0.3, -0.25) is 4.79 Å². The van der Waals surface area contributed by atoms with Crippen LogP contribution in [-0.4, -0.2) is 43.8 Å². The van der Waals surface area contributed by atoms with Gasteiger partial charge in [-0.1, -0.05) is 102 Å². The number of alkyl halides is 1. The van der Waals surface area contributed by atoms with Crippen molar-refractivity contribution in [2.45, 2.75) is 130 Å². The number of esters is 1. The Kier molecular flexibility index (Phi) is 14.3. The first-order valence-electron chi connectivity index (χ1n) is 16.4. The molecule has 4 fully saturated rings. The Morgan fingerprint density at radius 3 is 1.65 bits per heavy atom. The van der Waals surface area contributed by atoms with E-state index in [0.29, 0.717) is 35.3 Å². The Balaban J connectivity index is 0.000000186. The summed E-state index contributed by atoms with van der Waals surface area (Å²) in [5.41, 5.74) is 0.991. The van der Waals surface area contributed by atoms with E-state index in [-0.39, 0.29) is 24.1 Å². The zero-order valence-electron chi connectivity index (χ0n) is 25.9. The number of fused-ring (bicyclic) bond motifs is 2. The van der Waals surface area contributed by atoms with E-state index in [9.17, 15) is 4.79 Å². The summed E-state index contributed by atoms with van der Waals surface area (Å²) < 4.78 is 16.2. The van der Waals surface area contributed by atoms with Crippen molar-refractivity contribution in [1.29, 1.82) is 0 Å². The highest BCUT2D eigenvalue weighted by molar-refractivity contribution is 6.17. The highest BCUT2D eigenvalue weighted by Gasteiger charge is 2.40. The Labute approximate surface area is 250 Å². The molecule has 5 rings (SSSR count). The van der Waals surface area contributed by atoms with Gasteiger partial charge in [0, 0.05) is 6.61 Å². The fourth-order valence-electron chi connectivity index (χ4n) is 7.49. The summed E-state index contributed by atoms with van der Waals surface area (Å²) >= 11 is 5.46. The summed E-state index contributed by atoms with van der Waals surface area (Å²) in [6, 6.07) is 0.343. The van der Waals surface area contributed by atoms with Crippen molar-refractivity contribution in [3.63, 3.8) is 0 Å². The summed E-state index contributed by atoms with van der Waals surface area (Å²) in [4.78, 5) is 12.0. The lowest BCUT2D eigenvalue weighted by molar-refractivity contribution is -0.165. The van der Waals surface area contributed by atoms with Crippen LogP contribution in [0.25, 0.3) is 0 Å². The lowest BCUT2D eigenvalue weighted by atomic mass is 9.76. The van der Waals surface area contributed by atoms with Crippen LogP contribution in [0.2, 0.25) is 0 Å². The molecule has 232 valence electrons. The van der Waals surface area contributed by atoms with Crippen molar-refractivity contribution in [3.05, 3.63) is 12.2 Å². The second-order valence-corrected chi connectivity index (χ2v) is 14.8. The molecule has 0 heterocycles. The Bertz CT molecular complexity index is 749. The van der Waals surface area contributed by atoms with Gasteiger partial charge < -0.3 is 19.3 Å². The average molecular weight is 583 g/mol. The number of ether oxygens (including phenoxy) is 3. The number of aliphatic hydroxyl groups excluding tert-OH is 1. The van der Waals surface area contributed by atoms with Gasteiger partial charge in [-0.2, -0.15) is 0 Å². The van der Waals surface area contributed by atoms with Crippen molar-refractivity contribution in [2.24, 2.45) is 34.0 Å². The SMILES string of the molecule is CC1(CO)CCCCC1.CC1(COCCl)CCCCC1.CC1(COCOC(=O)C2CC3C=CC2C3)CCCCC1. The maximum atomic E-state index is 12.0. The summed E-state index contributed by atoms with van der Waals surface area (Å²) in [5.74, 6) is 1.05. The lowest BCUT2D eigenvalue weighted by Crippen LogP contribution is -2.28. The topological polar surface area (TPSA) is 65.0 Å². The minimum atomic E-state index is -0.0596. The molecule has 4 saturated carbocycles. The Morgan fingerprint density at radius 1 is 0.750 bits per heavy atom. The molecule has 0 aromatic carbocycles. The molecule has 0 saturated heterocycles. The van der Waals surface area contributed by atoms with Crippen LogP contribution in [-0.2, 0) is 19.0 Å². The number of hydrogen-bond donors (Lipinski definition) is 1. The monoisotopic (exact) mass is 582 g/mol. The van der Waals surface area contributed by atoms with Crippen LogP contribution in [0.5, 0.6) is 0 Å². The van der Waals surface area contributed by atoms with Crippen LogP contribution in [0.15, 0.2) is 12.2 Å². The van der Waals surface area contributed by atoms with E-state index in [1.807, 2.05) is 0 Å². The van der Waals surface area contributed by atoms with Crippen molar-refractivity contribution >= 4 is 17.6 Å². The summed E-state index contributed by atoms with van der Waals surface area (Å²) in [6.45, 7) is 8.85. The molecule has 5 aliphatic rings. The van der Waals surface area contributed by atoms with E-state index in [2.05, 4.69) is 32.9 Å². The molecule has 0 aromatic rings. The molecule has 5 nitrogen and oxygen atoms in total. The van der Waals surface area contributed by atoms with E-state index >= 15 is 0 Å². The molecular formula is C34H59ClO5. The number of aliphatic hydroxyl groups is 1. The van der Waals surface area contributed by atoms with E-state index in [0.717, 1.165) is 26.1 Å². The van der Waals surface area contributed by atoms with E-state index in [1.54, 1.807) is 0 Å². The maximum absolute atomic E-state index is 12.0. The minimum Gasteiger partial charge on any atom is -0.438 e. The average Bonchev–Trinajstić information content (AvgIpc) is 3.61. The number of rotatable bonds is 9. The molecule has 0 aromatic heterocycles. The van der Waals surface area contributed by atoms with Crippen LogP contribution in [0.1, 0.15) is 130 Å². The summed E-state index contributed by atoms with van der Waals surface area (Å²) in [6.07, 6.45) is 26.2. The first-order chi connectivity index (χ1) is 19.2. The van der Waals surface area contributed by atoms with Gasteiger partial charge in [0.2, 0.25) is 0 Å². The van der Waals surface area contributed by atoms with Crippen LogP contribution in [0.3, 0.4) is 0 Å². The normalized spacial score (nSPS) is 29.5. The third kappa shape index (κ3) is 11.2. The highest BCUT2D eigenvalue weighted by atomic mass is 35.5. The van der Waals surface area contributed by atoms with Crippen molar-refractivity contribution in [3.8, 4) is 0 Å². The number of halogens is 1. The number of hydrogen-bond acceptors (Lipinski definition) is 5. The molecule has 0 aliphatic heterocycles. The van der Waals surface area contributed by atoms with Crippen LogP contribution in [0.4, 0.5) is 0 Å². The van der Waals surface area contributed by atoms with Crippen molar-refractivity contribution in [2.75, 3.05) is 32.7 Å². The van der Waals surface area contributed by atoms with Gasteiger partial charge in [0.1, 0.15) is 6.07 Å². The molecule has 0 amide bonds. The van der Waals surface area contributed by atoms with Crippen LogP contribution < -0.4 is 0 Å². The van der Waals surface area contributed by atoms with E-state index in [1.165, 1.54) is 96.3 Å². The van der Waals surface area contributed by atoms with Gasteiger partial charge >= 0.3 is 5.97 Å². The maximum Gasteiger partial charge on any atom is 0.311 e. The summed E-state index contributed by atoms with van der Waals surface area (Å²) in [7, 11) is 0. The van der Waals surface area contributed by atoms with Gasteiger partial charge in [0.25, 0.3) is 0 Å². The number of carbonyl (C=O) groups is 1. The molecule has 0 radical (unpaired) electrons. The molecule has 6 heteroatoms. The summed E-state index contributed by atoms with van der Waals surface area (Å²) in [5, 5.41) is 8.95. The van der Waals surface area contributed by atoms with Gasteiger partial charge in [0.05, 0.1) is 19.1 Å². The molecule has 0 spiro atoms. The van der Waals surface area contributed by atoms with Crippen molar-refractivity contribution in [1.82, 2.24) is 0 Å². The third-order valence-electron chi connectivity index (χ3n) is 10.4. The van der Waals surface area contributed by atoms with Gasteiger partial charge in [-0.25, -0.2) is 0 Å². The first kappa shape index (κ1) is 33.9. The number of allylic oxidation sites excluding steroid dienone is 2. The molecule has 2 bridgehead atoms. The smallest absolute Gasteiger partial charge is 0.311 e. The Hall–Kier alpha value is -0.620. The predicted molar refractivity (Wildman–Crippen MR) is 163 cm³/mol. The van der Waals surface area contributed by atoms with Gasteiger partial charge in [-0.05, 0) is 79.4 Å². The van der Waals surface area contributed by atoms with Crippen LogP contribution >= 0.6 is 11.6 Å². The third-order valence-corrected chi connectivity index (χ3v) is 10.6. The molecule has 5 aliphatic carbocycles. The zero-order valence-corrected chi connectivity index (χ0v) is 26.7. The molecular weight excluding hydrogens is 524 g/mol. The number of carbonyl (C=O) groups excluding carboxylic acids is 1. The first-order valence-corrected chi connectivity index (χ1v) is 16.9. The highest BCUT2D eigenvalue weighted by Crippen LogP contribution is 2.44. The van der Waals surface area contributed by atoms with E-state index in [4.69, 9.17) is 30.9 Å². The fourth-order valence-corrected chi connectivity index (χ4v) is 7.57. The standard InChI is InChI=1S/C17H26O3.C9H17ClO.C8H16O/c1-17(7-3-2-4-8-17)11-19-12-20-16(18)15-10-13-5-6-14(15)9-13;1-9(7-11-8-10)5-3-2-4-6-9;1-8(7-9)5-3-2-4-6-8/h5-6,13-15H,2-4,7-12H2,1H3;2-8H2,1H3;9H,2-7H2,1H3. The van der Waals surface area contributed by atoms with Gasteiger partial charge in [0.15, 0.2) is 6.79 Å². The lowest BCUT2D eigenvalue weighted by Gasteiger charge is -2.33. The molecule has 40 heavy (non-hydrogen) atoms. The van der Waals surface area contributed by atoms with Crippen molar-refractivity contribution < 1.29 is 24.1 Å². The molecule has 3 unspecified atom stereocenters. The van der Waals surface area contributed by atoms with Crippen LogP contribution in [0, 0.1) is 34.0 Å². The van der Waals surface area contributed by atoms with Gasteiger partial charge in [-0.15, -0.1) is 0 Å². The quantitative estimate of drug-likeness (QED) is 0.0967. The minimum absolute atomic E-state index is 0.0596. The molecule has 3 atom stereocenters. The second-order valence-electron chi connectivity index (χ2n) is 14.5. The zero-order chi connectivity index (χ0) is 28.9. The second kappa shape index (κ2) is 16.9. The predicted octanol–water partition coefficient (Wildman–Crippen LogP) is 8.81. The van der Waals surface area contributed by atoms with E-state index < -0.39 is 0 Å². The fraction of sp³-hybridized carbons (Fsp3) is 0.912. The Morgan fingerprint density at radius 2 is 1.25 bits per heavy atom. The largest absolute Gasteiger partial charge is 0.438 e. The molecule has 1 N–H and O–H groups in total.